The Morgan fingerprint density at radius 3 is 1.47 bits per heavy atom. The number of aryl methyl sites for hydroxylation is 4. The summed E-state index contributed by atoms with van der Waals surface area (Å²) >= 11 is -1.86. The van der Waals surface area contributed by atoms with E-state index in [1.165, 1.54) is 56.8 Å². The molecule has 3 heteroatoms. The van der Waals surface area contributed by atoms with Crippen molar-refractivity contribution in [3.05, 3.63) is 86.1 Å². The van der Waals surface area contributed by atoms with Crippen LogP contribution in [-0.4, -0.2) is 16.1 Å². The van der Waals surface area contributed by atoms with Gasteiger partial charge in [-0.05, 0) is 0 Å². The van der Waals surface area contributed by atoms with Crippen LogP contribution < -0.4 is 0 Å². The van der Waals surface area contributed by atoms with Crippen LogP contribution in [-0.2, 0) is 21.4 Å². The molecule has 2 aliphatic rings. The summed E-state index contributed by atoms with van der Waals surface area (Å²) in [6.07, 6.45) is 14.4. The third-order valence-electron chi connectivity index (χ3n) is 9.00. The Labute approximate surface area is 232 Å². The van der Waals surface area contributed by atoms with Gasteiger partial charge >= 0.3 is 234 Å². The molecule has 0 saturated heterocycles. The maximum absolute atomic E-state index is 2.63. The van der Waals surface area contributed by atoms with Crippen molar-refractivity contribution in [1.82, 2.24) is 0 Å². The topological polar surface area (TPSA) is 0 Å². The number of hydrogen-bond donors (Lipinski definition) is 0. The van der Waals surface area contributed by atoms with E-state index in [4.69, 9.17) is 0 Å². The molecule has 0 spiro atoms. The second-order valence-corrected chi connectivity index (χ2v) is 29.6. The van der Waals surface area contributed by atoms with E-state index in [1.807, 2.05) is 5.16 Å². The number of benzene rings is 2. The van der Waals surface area contributed by atoms with Gasteiger partial charge in [-0.25, -0.2) is 0 Å². The van der Waals surface area contributed by atoms with Gasteiger partial charge in [-0.1, -0.05) is 0 Å². The molecule has 2 aromatic rings. The first-order valence-electron chi connectivity index (χ1n) is 14.2. The van der Waals surface area contributed by atoms with Crippen molar-refractivity contribution in [2.24, 2.45) is 0 Å². The molecule has 0 saturated carbocycles. The first-order chi connectivity index (χ1) is 16.8. The Morgan fingerprint density at radius 2 is 1.06 bits per heavy atom. The Morgan fingerprint density at radius 1 is 0.639 bits per heavy atom. The Balaban J connectivity index is 1.63. The van der Waals surface area contributed by atoms with Crippen molar-refractivity contribution in [2.45, 2.75) is 97.8 Å². The average Bonchev–Trinajstić information content (AvgIpc) is 3.41. The predicted molar refractivity (Wildman–Crippen MR) is 164 cm³/mol. The monoisotopic (exact) mass is 545 g/mol. The van der Waals surface area contributed by atoms with Gasteiger partial charge in [-0.15, -0.1) is 0 Å². The minimum absolute atomic E-state index is 0.699. The SMILES string of the molecule is Cc1ccc(C)c2c1C=C[CH]2[Sc]([CH2]CCC[C]([Si](C)(C)C)[Si](C)(C)C)[CH]1C=Cc2c(C)ccc(C)c21. The van der Waals surface area contributed by atoms with Crippen LogP contribution in [0.1, 0.15) is 71.1 Å². The van der Waals surface area contributed by atoms with Crippen molar-refractivity contribution in [3.63, 3.8) is 0 Å². The summed E-state index contributed by atoms with van der Waals surface area (Å²) in [5.74, 6) is 0. The van der Waals surface area contributed by atoms with E-state index in [2.05, 4.69) is 116 Å². The van der Waals surface area contributed by atoms with Gasteiger partial charge in [-0.2, -0.15) is 0 Å². The molecule has 2 unspecified atom stereocenters. The van der Waals surface area contributed by atoms with Gasteiger partial charge in [0.1, 0.15) is 0 Å². The standard InChI is InChI=1S/C11H26Si2.2C11H11.Sc/c1-8-9-10-11(12(2,3)4)13(5,6)7;2*1-8-6-7-9(2)11-5-3-4-10(8)11;/h1,8-10H2,2-7H3;2*3-7H,1-2H3;. The van der Waals surface area contributed by atoms with Gasteiger partial charge in [0.25, 0.3) is 0 Å². The second kappa shape index (κ2) is 10.8. The second-order valence-electron chi connectivity index (χ2n) is 13.7. The summed E-state index contributed by atoms with van der Waals surface area (Å²) in [5, 5.41) is 2.01. The summed E-state index contributed by atoms with van der Waals surface area (Å²) < 4.78 is 2.89. The summed E-state index contributed by atoms with van der Waals surface area (Å²) in [4.78, 5) is 0. The molecule has 0 aliphatic heterocycles. The van der Waals surface area contributed by atoms with Crippen LogP contribution in [0.5, 0.6) is 0 Å². The molecule has 0 aromatic heterocycles. The van der Waals surface area contributed by atoms with Crippen molar-refractivity contribution in [3.8, 4) is 0 Å². The molecule has 1 radical (unpaired) electrons. The van der Waals surface area contributed by atoms with Crippen LogP contribution in [0.25, 0.3) is 12.2 Å². The van der Waals surface area contributed by atoms with E-state index in [0.717, 1.165) is 0 Å². The van der Waals surface area contributed by atoms with Gasteiger partial charge < -0.3 is 0 Å². The average molecular weight is 546 g/mol. The van der Waals surface area contributed by atoms with Crippen molar-refractivity contribution >= 4 is 28.3 Å². The Bertz CT molecular complexity index is 1090. The van der Waals surface area contributed by atoms with E-state index in [9.17, 15) is 0 Å². The molecule has 2 aliphatic carbocycles. The molecule has 0 fully saturated rings. The van der Waals surface area contributed by atoms with E-state index in [1.54, 1.807) is 11.1 Å². The fourth-order valence-corrected chi connectivity index (χ4v) is 25.3. The van der Waals surface area contributed by atoms with Crippen molar-refractivity contribution in [2.75, 3.05) is 0 Å². The predicted octanol–water partition coefficient (Wildman–Crippen LogP) is 10.3. The Hall–Kier alpha value is -0.776. The number of unbranched alkanes of at least 4 members (excludes halogenated alkanes) is 1. The molecule has 0 bridgehead atoms. The molecule has 2 aromatic carbocycles. The number of rotatable bonds is 9. The van der Waals surface area contributed by atoms with Crippen LogP contribution >= 0.6 is 0 Å². The van der Waals surface area contributed by atoms with Gasteiger partial charge in [0.05, 0.1) is 0 Å². The van der Waals surface area contributed by atoms with Crippen LogP contribution in [0.15, 0.2) is 36.4 Å². The fraction of sp³-hybridized carbons (Fsp3) is 0.485. The number of fused-ring (bicyclic) bond motifs is 2. The number of hydrogen-bond acceptors (Lipinski definition) is 0. The zero-order valence-corrected chi connectivity index (χ0v) is 28.5. The Kier molecular flexibility index (Phi) is 8.45. The third-order valence-corrected chi connectivity index (χ3v) is 23.9. The van der Waals surface area contributed by atoms with Gasteiger partial charge in [-0.3, -0.25) is 0 Å². The molecule has 4 rings (SSSR count). The molecule has 0 N–H and O–H groups in total. The molecule has 2 atom stereocenters. The minimum atomic E-state index is -1.86. The van der Waals surface area contributed by atoms with E-state index in [0.29, 0.717) is 7.35 Å². The van der Waals surface area contributed by atoms with Crippen LogP contribution in [0.2, 0.25) is 43.5 Å². The van der Waals surface area contributed by atoms with Gasteiger partial charge in [0.15, 0.2) is 0 Å². The summed E-state index contributed by atoms with van der Waals surface area (Å²) in [5.41, 5.74) is 12.4. The first-order valence-corrected chi connectivity index (χ1v) is 24.6. The van der Waals surface area contributed by atoms with Crippen molar-refractivity contribution in [1.29, 1.82) is 0 Å². The molecule has 0 heterocycles. The van der Waals surface area contributed by atoms with Gasteiger partial charge in [0.2, 0.25) is 0 Å². The number of allylic oxidation sites excluding steroid dienone is 2. The molecular formula is C33H48ScSi2. The first kappa shape index (κ1) is 28.2. The molecule has 0 amide bonds. The van der Waals surface area contributed by atoms with Crippen LogP contribution in [0.4, 0.5) is 0 Å². The van der Waals surface area contributed by atoms with E-state index in [-0.39, 0.29) is 0 Å². The van der Waals surface area contributed by atoms with E-state index >= 15 is 0 Å². The zero-order chi connectivity index (χ0) is 26.4. The van der Waals surface area contributed by atoms with Gasteiger partial charge in [0, 0.05) is 0 Å². The normalized spacial score (nSPS) is 18.8. The zero-order valence-electron chi connectivity index (χ0n) is 24.7. The summed E-state index contributed by atoms with van der Waals surface area (Å²) in [6, 6.07) is 9.41. The maximum atomic E-state index is 2.63. The summed E-state index contributed by atoms with van der Waals surface area (Å²) in [6.45, 7) is 24.8. The molecule has 0 nitrogen and oxygen atoms in total. The molecule has 36 heavy (non-hydrogen) atoms. The van der Waals surface area contributed by atoms with E-state index < -0.39 is 37.6 Å². The third kappa shape index (κ3) is 5.64. The quantitative estimate of drug-likeness (QED) is 0.217. The van der Waals surface area contributed by atoms with Crippen molar-refractivity contribution < 1.29 is 21.4 Å². The fourth-order valence-electron chi connectivity index (χ4n) is 7.48. The summed E-state index contributed by atoms with van der Waals surface area (Å²) in [7, 11) is -2.40. The molecule has 191 valence electrons. The molecular weight excluding hydrogens is 497 g/mol. The van der Waals surface area contributed by atoms with Crippen LogP contribution in [0.3, 0.4) is 0 Å². The van der Waals surface area contributed by atoms with Crippen LogP contribution in [0, 0.1) is 32.9 Å².